The highest BCUT2D eigenvalue weighted by atomic mass is 16.5. The molecule has 0 aliphatic carbocycles. The van der Waals surface area contributed by atoms with Crippen LogP contribution in [0, 0.1) is 5.41 Å². The van der Waals surface area contributed by atoms with Gasteiger partial charge in [-0.25, -0.2) is 0 Å². The van der Waals surface area contributed by atoms with Gasteiger partial charge >= 0.3 is 5.97 Å². The zero-order valence-corrected chi connectivity index (χ0v) is 10.6. The summed E-state index contributed by atoms with van der Waals surface area (Å²) in [6.07, 6.45) is -0.916. The summed E-state index contributed by atoms with van der Waals surface area (Å²) in [6, 6.07) is 6.94. The average Bonchev–Trinajstić information content (AvgIpc) is 2.36. The van der Waals surface area contributed by atoms with Crippen LogP contribution >= 0.6 is 0 Å². The molecule has 4 heteroatoms. The SMILES string of the molecule is COC(=O)C(C)(C)[C@@H](O)c1ccc(OC)cc1. The lowest BCUT2D eigenvalue weighted by atomic mass is 9.83. The fourth-order valence-electron chi connectivity index (χ4n) is 1.58. The summed E-state index contributed by atoms with van der Waals surface area (Å²) in [5.41, 5.74) is -0.329. The number of hydrogen-bond acceptors (Lipinski definition) is 4. The van der Waals surface area contributed by atoms with Gasteiger partial charge in [0.05, 0.1) is 25.7 Å². The first kappa shape index (κ1) is 13.5. The first-order valence-electron chi connectivity index (χ1n) is 5.34. The monoisotopic (exact) mass is 238 g/mol. The van der Waals surface area contributed by atoms with Crippen molar-refractivity contribution in [1.29, 1.82) is 0 Å². The van der Waals surface area contributed by atoms with E-state index in [2.05, 4.69) is 4.74 Å². The second-order valence-corrected chi connectivity index (χ2v) is 4.39. The minimum absolute atomic E-state index is 0.444. The zero-order valence-electron chi connectivity index (χ0n) is 10.6. The maximum Gasteiger partial charge on any atom is 0.314 e. The Kier molecular flexibility index (Phi) is 4.12. The summed E-state index contributed by atoms with van der Waals surface area (Å²) in [5, 5.41) is 10.2. The molecule has 4 nitrogen and oxygen atoms in total. The molecule has 0 aliphatic heterocycles. The van der Waals surface area contributed by atoms with Crippen molar-refractivity contribution in [3.8, 4) is 5.75 Å². The van der Waals surface area contributed by atoms with Crippen LogP contribution in [0.15, 0.2) is 24.3 Å². The Hall–Kier alpha value is -1.55. The standard InChI is InChI=1S/C13H18O4/c1-13(2,12(15)17-4)11(14)9-5-7-10(16-3)8-6-9/h5-8,11,14H,1-4H3/t11-/m0/s1. The number of esters is 1. The third kappa shape index (κ3) is 2.77. The van der Waals surface area contributed by atoms with Crippen LogP contribution < -0.4 is 4.74 Å². The average molecular weight is 238 g/mol. The highest BCUT2D eigenvalue weighted by molar-refractivity contribution is 5.76. The van der Waals surface area contributed by atoms with Crippen molar-refractivity contribution in [2.45, 2.75) is 20.0 Å². The summed E-state index contributed by atoms with van der Waals surface area (Å²) in [6.45, 7) is 3.29. The Morgan fingerprint density at radius 1 is 1.24 bits per heavy atom. The maximum absolute atomic E-state index is 11.6. The van der Waals surface area contributed by atoms with Crippen LogP contribution in [0.1, 0.15) is 25.5 Å². The topological polar surface area (TPSA) is 55.8 Å². The molecule has 1 aromatic rings. The van der Waals surface area contributed by atoms with Crippen LogP contribution in [0.5, 0.6) is 5.75 Å². The van der Waals surface area contributed by atoms with E-state index >= 15 is 0 Å². The normalized spacial score (nSPS) is 13.0. The van der Waals surface area contributed by atoms with Crippen LogP contribution in [0.3, 0.4) is 0 Å². The molecular weight excluding hydrogens is 220 g/mol. The van der Waals surface area contributed by atoms with Gasteiger partial charge in [-0.2, -0.15) is 0 Å². The van der Waals surface area contributed by atoms with Crippen LogP contribution in [0.2, 0.25) is 0 Å². The molecule has 0 aromatic heterocycles. The lowest BCUT2D eigenvalue weighted by Crippen LogP contribution is -2.32. The van der Waals surface area contributed by atoms with Crippen LogP contribution in [-0.4, -0.2) is 25.3 Å². The lowest BCUT2D eigenvalue weighted by molar-refractivity contribution is -0.157. The fourth-order valence-corrected chi connectivity index (χ4v) is 1.58. The highest BCUT2D eigenvalue weighted by Gasteiger charge is 2.37. The van der Waals surface area contributed by atoms with Gasteiger partial charge in [0.15, 0.2) is 0 Å². The van der Waals surface area contributed by atoms with Gasteiger partial charge < -0.3 is 14.6 Å². The summed E-state index contributed by atoms with van der Waals surface area (Å²) >= 11 is 0. The number of hydrogen-bond donors (Lipinski definition) is 1. The molecular formula is C13H18O4. The largest absolute Gasteiger partial charge is 0.497 e. The van der Waals surface area contributed by atoms with E-state index in [9.17, 15) is 9.90 Å². The van der Waals surface area contributed by atoms with Crippen molar-refractivity contribution >= 4 is 5.97 Å². The predicted octanol–water partition coefficient (Wildman–Crippen LogP) is 1.93. The van der Waals surface area contributed by atoms with Gasteiger partial charge in [0.25, 0.3) is 0 Å². The molecule has 94 valence electrons. The van der Waals surface area contributed by atoms with Crippen molar-refractivity contribution in [3.63, 3.8) is 0 Å². The molecule has 1 atom stereocenters. The second kappa shape index (κ2) is 5.19. The maximum atomic E-state index is 11.6. The predicted molar refractivity (Wildman–Crippen MR) is 63.8 cm³/mol. The smallest absolute Gasteiger partial charge is 0.314 e. The zero-order chi connectivity index (χ0) is 13.1. The minimum atomic E-state index is -0.983. The number of carbonyl (C=O) groups excluding carboxylic acids is 1. The number of ether oxygens (including phenoxy) is 2. The number of rotatable bonds is 4. The Labute approximate surface area is 101 Å². The van der Waals surface area contributed by atoms with Gasteiger partial charge in [-0.05, 0) is 31.5 Å². The van der Waals surface area contributed by atoms with Gasteiger partial charge in [0.2, 0.25) is 0 Å². The van der Waals surface area contributed by atoms with Crippen molar-refractivity contribution in [2.24, 2.45) is 5.41 Å². The van der Waals surface area contributed by atoms with E-state index in [1.807, 2.05) is 0 Å². The van der Waals surface area contributed by atoms with E-state index in [1.54, 1.807) is 45.2 Å². The van der Waals surface area contributed by atoms with Gasteiger partial charge in [0.1, 0.15) is 5.75 Å². The molecule has 0 aliphatic rings. The molecule has 0 radical (unpaired) electrons. The molecule has 1 aromatic carbocycles. The molecule has 0 saturated carbocycles. The minimum Gasteiger partial charge on any atom is -0.497 e. The van der Waals surface area contributed by atoms with E-state index < -0.39 is 17.5 Å². The number of aliphatic hydroxyl groups is 1. The summed E-state index contributed by atoms with van der Waals surface area (Å²) in [7, 11) is 2.88. The molecule has 1 N–H and O–H groups in total. The number of carbonyl (C=O) groups is 1. The molecule has 0 saturated heterocycles. The summed E-state index contributed by atoms with van der Waals surface area (Å²) in [4.78, 5) is 11.6. The molecule has 0 heterocycles. The van der Waals surface area contributed by atoms with Crippen molar-refractivity contribution in [2.75, 3.05) is 14.2 Å². The van der Waals surface area contributed by atoms with Crippen molar-refractivity contribution in [3.05, 3.63) is 29.8 Å². The molecule has 0 amide bonds. The fraction of sp³-hybridized carbons (Fsp3) is 0.462. The van der Waals surface area contributed by atoms with Gasteiger partial charge in [0, 0.05) is 0 Å². The number of benzene rings is 1. The third-order valence-electron chi connectivity index (χ3n) is 2.83. The number of aliphatic hydroxyl groups excluding tert-OH is 1. The lowest BCUT2D eigenvalue weighted by Gasteiger charge is -2.27. The van der Waals surface area contributed by atoms with E-state index in [0.717, 1.165) is 0 Å². The van der Waals surface area contributed by atoms with Crippen molar-refractivity contribution < 1.29 is 19.4 Å². The molecule has 1 rings (SSSR count). The van der Waals surface area contributed by atoms with Crippen LogP contribution in [0.4, 0.5) is 0 Å². The van der Waals surface area contributed by atoms with Crippen molar-refractivity contribution in [1.82, 2.24) is 0 Å². The Balaban J connectivity index is 2.95. The third-order valence-corrected chi connectivity index (χ3v) is 2.83. The van der Waals surface area contributed by atoms with E-state index in [1.165, 1.54) is 7.11 Å². The summed E-state index contributed by atoms with van der Waals surface area (Å²) in [5.74, 6) is 0.262. The molecule has 0 fully saturated rings. The van der Waals surface area contributed by atoms with Gasteiger partial charge in [-0.1, -0.05) is 12.1 Å². The quantitative estimate of drug-likeness (QED) is 0.814. The molecule has 0 unspecified atom stereocenters. The second-order valence-electron chi connectivity index (χ2n) is 4.39. The summed E-state index contributed by atoms with van der Waals surface area (Å²) < 4.78 is 9.71. The Bertz CT molecular complexity index is 381. The van der Waals surface area contributed by atoms with E-state index in [4.69, 9.17) is 4.74 Å². The Morgan fingerprint density at radius 2 is 1.76 bits per heavy atom. The molecule has 0 bridgehead atoms. The first-order chi connectivity index (χ1) is 7.93. The first-order valence-corrected chi connectivity index (χ1v) is 5.34. The molecule has 17 heavy (non-hydrogen) atoms. The highest BCUT2D eigenvalue weighted by Crippen LogP contribution is 2.34. The van der Waals surface area contributed by atoms with Crippen LogP contribution in [-0.2, 0) is 9.53 Å². The number of methoxy groups -OCH3 is 2. The molecule has 0 spiro atoms. The van der Waals surface area contributed by atoms with E-state index in [0.29, 0.717) is 11.3 Å². The Morgan fingerprint density at radius 3 is 2.18 bits per heavy atom. The van der Waals surface area contributed by atoms with Crippen LogP contribution in [0.25, 0.3) is 0 Å². The van der Waals surface area contributed by atoms with Gasteiger partial charge in [-0.15, -0.1) is 0 Å². The van der Waals surface area contributed by atoms with E-state index in [-0.39, 0.29) is 0 Å². The van der Waals surface area contributed by atoms with Gasteiger partial charge in [-0.3, -0.25) is 4.79 Å².